The van der Waals surface area contributed by atoms with Gasteiger partial charge in [0.25, 0.3) is 0 Å². The SMILES string of the molecule is CCCCOc1ccc([S+](CC)CC)cc1. The Morgan fingerprint density at radius 3 is 2.12 bits per heavy atom. The second-order valence-electron chi connectivity index (χ2n) is 3.74. The topological polar surface area (TPSA) is 9.23 Å². The highest BCUT2D eigenvalue weighted by atomic mass is 32.2. The van der Waals surface area contributed by atoms with Gasteiger partial charge in [0, 0.05) is 10.9 Å². The normalized spacial score (nSPS) is 10.8. The van der Waals surface area contributed by atoms with Gasteiger partial charge in [-0.15, -0.1) is 0 Å². The quantitative estimate of drug-likeness (QED) is 0.518. The van der Waals surface area contributed by atoms with Crippen LogP contribution < -0.4 is 4.74 Å². The van der Waals surface area contributed by atoms with Crippen LogP contribution in [-0.2, 0) is 10.9 Å². The van der Waals surface area contributed by atoms with Crippen molar-refractivity contribution in [2.24, 2.45) is 0 Å². The minimum atomic E-state index is 0.427. The number of unbranched alkanes of at least 4 members (excludes halogenated alkanes) is 1. The van der Waals surface area contributed by atoms with Crippen LogP contribution >= 0.6 is 0 Å². The summed E-state index contributed by atoms with van der Waals surface area (Å²) in [6.07, 6.45) is 2.32. The van der Waals surface area contributed by atoms with Crippen molar-refractivity contribution in [2.75, 3.05) is 18.1 Å². The molecule has 0 aromatic heterocycles. The number of benzene rings is 1. The summed E-state index contributed by atoms with van der Waals surface area (Å²) in [7, 11) is 0.427. The monoisotopic (exact) mass is 239 g/mol. The Labute approximate surface area is 103 Å². The Hall–Kier alpha value is -0.630. The van der Waals surface area contributed by atoms with Gasteiger partial charge in [0.15, 0.2) is 4.90 Å². The Bertz CT molecular complexity index is 277. The first-order valence-electron chi connectivity index (χ1n) is 6.22. The number of hydrogen-bond donors (Lipinski definition) is 0. The Morgan fingerprint density at radius 1 is 1.00 bits per heavy atom. The minimum Gasteiger partial charge on any atom is -0.494 e. The van der Waals surface area contributed by atoms with Gasteiger partial charge in [0.1, 0.15) is 17.3 Å². The van der Waals surface area contributed by atoms with Gasteiger partial charge in [-0.2, -0.15) is 0 Å². The van der Waals surface area contributed by atoms with Crippen LogP contribution in [0.5, 0.6) is 5.75 Å². The zero-order chi connectivity index (χ0) is 11.8. The highest BCUT2D eigenvalue weighted by Crippen LogP contribution is 2.18. The third-order valence-corrected chi connectivity index (χ3v) is 4.95. The molecule has 0 heterocycles. The van der Waals surface area contributed by atoms with Crippen LogP contribution in [0, 0.1) is 0 Å². The minimum absolute atomic E-state index is 0.427. The predicted octanol–water partition coefficient (Wildman–Crippen LogP) is 3.88. The fraction of sp³-hybridized carbons (Fsp3) is 0.571. The molecule has 0 N–H and O–H groups in total. The number of ether oxygens (including phenoxy) is 1. The molecule has 0 bridgehead atoms. The van der Waals surface area contributed by atoms with E-state index in [1.807, 2.05) is 0 Å². The van der Waals surface area contributed by atoms with Crippen LogP contribution in [0.1, 0.15) is 33.6 Å². The summed E-state index contributed by atoms with van der Waals surface area (Å²) >= 11 is 0. The van der Waals surface area contributed by atoms with E-state index in [1.165, 1.54) is 22.8 Å². The summed E-state index contributed by atoms with van der Waals surface area (Å²) < 4.78 is 5.65. The van der Waals surface area contributed by atoms with Crippen LogP contribution in [0.3, 0.4) is 0 Å². The zero-order valence-corrected chi connectivity index (χ0v) is 11.5. The van der Waals surface area contributed by atoms with E-state index in [2.05, 4.69) is 45.0 Å². The second kappa shape index (κ2) is 7.61. The summed E-state index contributed by atoms with van der Waals surface area (Å²) in [5.41, 5.74) is 0. The van der Waals surface area contributed by atoms with Gasteiger partial charge < -0.3 is 4.74 Å². The van der Waals surface area contributed by atoms with Crippen LogP contribution in [0.2, 0.25) is 0 Å². The van der Waals surface area contributed by atoms with E-state index in [0.717, 1.165) is 18.8 Å². The van der Waals surface area contributed by atoms with Crippen molar-refractivity contribution < 1.29 is 4.74 Å². The largest absolute Gasteiger partial charge is 0.494 e. The molecule has 0 radical (unpaired) electrons. The summed E-state index contributed by atoms with van der Waals surface area (Å²) in [6.45, 7) is 7.54. The molecule has 90 valence electrons. The van der Waals surface area contributed by atoms with Crippen LogP contribution in [0.15, 0.2) is 29.2 Å². The summed E-state index contributed by atoms with van der Waals surface area (Å²) in [6, 6.07) is 8.65. The van der Waals surface area contributed by atoms with Crippen molar-refractivity contribution in [1.29, 1.82) is 0 Å². The maximum atomic E-state index is 5.65. The molecular weight excluding hydrogens is 216 g/mol. The third kappa shape index (κ3) is 4.09. The van der Waals surface area contributed by atoms with Crippen molar-refractivity contribution in [1.82, 2.24) is 0 Å². The van der Waals surface area contributed by atoms with Crippen LogP contribution in [0.25, 0.3) is 0 Å². The molecule has 1 aromatic carbocycles. The fourth-order valence-corrected chi connectivity index (χ4v) is 3.20. The van der Waals surface area contributed by atoms with Crippen LogP contribution in [0.4, 0.5) is 0 Å². The third-order valence-electron chi connectivity index (χ3n) is 2.62. The molecule has 0 aliphatic carbocycles. The summed E-state index contributed by atoms with van der Waals surface area (Å²) in [5.74, 6) is 3.49. The molecule has 1 rings (SSSR count). The van der Waals surface area contributed by atoms with E-state index in [0.29, 0.717) is 10.9 Å². The first-order valence-corrected chi connectivity index (χ1v) is 7.78. The predicted molar refractivity (Wildman–Crippen MR) is 73.6 cm³/mol. The smallest absolute Gasteiger partial charge is 0.155 e. The fourth-order valence-electron chi connectivity index (χ4n) is 1.60. The first-order chi connectivity index (χ1) is 7.81. The summed E-state index contributed by atoms with van der Waals surface area (Å²) in [5, 5.41) is 0. The number of rotatable bonds is 7. The molecule has 0 saturated carbocycles. The van der Waals surface area contributed by atoms with Crippen molar-refractivity contribution in [3.63, 3.8) is 0 Å². The highest BCUT2D eigenvalue weighted by molar-refractivity contribution is 7.96. The van der Waals surface area contributed by atoms with Gasteiger partial charge in [-0.05, 0) is 44.5 Å². The van der Waals surface area contributed by atoms with Crippen LogP contribution in [-0.4, -0.2) is 18.1 Å². The van der Waals surface area contributed by atoms with Gasteiger partial charge >= 0.3 is 0 Å². The van der Waals surface area contributed by atoms with E-state index >= 15 is 0 Å². The molecule has 0 fully saturated rings. The summed E-state index contributed by atoms with van der Waals surface area (Å²) in [4.78, 5) is 1.47. The lowest BCUT2D eigenvalue weighted by molar-refractivity contribution is 0.309. The molecule has 0 unspecified atom stereocenters. The molecule has 16 heavy (non-hydrogen) atoms. The molecule has 0 amide bonds. The molecule has 0 spiro atoms. The second-order valence-corrected chi connectivity index (χ2v) is 6.36. The lowest BCUT2D eigenvalue weighted by Crippen LogP contribution is -2.08. The van der Waals surface area contributed by atoms with Crippen molar-refractivity contribution >= 4 is 10.9 Å². The van der Waals surface area contributed by atoms with Gasteiger partial charge in [0.05, 0.1) is 6.61 Å². The standard InChI is InChI=1S/C14H23OS/c1-4-7-12-15-13-8-10-14(11-9-13)16(5-2)6-3/h8-11H,4-7,12H2,1-3H3/q+1. The zero-order valence-electron chi connectivity index (χ0n) is 10.7. The maximum Gasteiger partial charge on any atom is 0.155 e. The highest BCUT2D eigenvalue weighted by Gasteiger charge is 2.15. The first kappa shape index (κ1) is 13.4. The number of hydrogen-bond acceptors (Lipinski definition) is 1. The van der Waals surface area contributed by atoms with E-state index in [9.17, 15) is 0 Å². The van der Waals surface area contributed by atoms with Gasteiger partial charge in [-0.25, -0.2) is 0 Å². The molecule has 0 aliphatic heterocycles. The molecular formula is C14H23OS+. The lowest BCUT2D eigenvalue weighted by Gasteiger charge is -2.06. The maximum absolute atomic E-state index is 5.65. The lowest BCUT2D eigenvalue weighted by atomic mass is 10.3. The Kier molecular flexibility index (Phi) is 6.39. The van der Waals surface area contributed by atoms with Gasteiger partial charge in [-0.1, -0.05) is 13.3 Å². The van der Waals surface area contributed by atoms with Gasteiger partial charge in [0.2, 0.25) is 0 Å². The van der Waals surface area contributed by atoms with Crippen molar-refractivity contribution in [2.45, 2.75) is 38.5 Å². The van der Waals surface area contributed by atoms with E-state index < -0.39 is 0 Å². The molecule has 1 nitrogen and oxygen atoms in total. The van der Waals surface area contributed by atoms with E-state index in [4.69, 9.17) is 4.74 Å². The molecule has 0 atom stereocenters. The van der Waals surface area contributed by atoms with E-state index in [1.54, 1.807) is 0 Å². The van der Waals surface area contributed by atoms with Crippen molar-refractivity contribution in [3.05, 3.63) is 24.3 Å². The molecule has 0 saturated heterocycles. The van der Waals surface area contributed by atoms with Crippen molar-refractivity contribution in [3.8, 4) is 5.75 Å². The molecule has 2 heteroatoms. The molecule has 0 aliphatic rings. The van der Waals surface area contributed by atoms with Gasteiger partial charge in [-0.3, -0.25) is 0 Å². The average Bonchev–Trinajstić information content (AvgIpc) is 2.33. The molecule has 1 aromatic rings. The Morgan fingerprint density at radius 2 is 1.62 bits per heavy atom. The Balaban J connectivity index is 2.53. The van der Waals surface area contributed by atoms with E-state index in [-0.39, 0.29) is 0 Å². The average molecular weight is 239 g/mol.